The number of carbonyl (C=O) groups excluding carboxylic acids is 1. The van der Waals surface area contributed by atoms with Gasteiger partial charge in [0.25, 0.3) is 0 Å². The molecular formula is C11H13BrO4. The zero-order valence-corrected chi connectivity index (χ0v) is 10.7. The quantitative estimate of drug-likeness (QED) is 0.862. The Balaban J connectivity index is 2.92. The van der Waals surface area contributed by atoms with Crippen LogP contribution in [0.1, 0.15) is 18.1 Å². The highest BCUT2D eigenvalue weighted by Gasteiger charge is 2.17. The average Bonchev–Trinajstić information content (AvgIpc) is 2.28. The number of esters is 1. The van der Waals surface area contributed by atoms with Gasteiger partial charge >= 0.3 is 5.97 Å². The van der Waals surface area contributed by atoms with Gasteiger partial charge in [-0.3, -0.25) is 4.79 Å². The van der Waals surface area contributed by atoms with Crippen molar-refractivity contribution in [1.29, 1.82) is 0 Å². The Bertz CT molecular complexity index is 378. The predicted octanol–water partition coefficient (Wildman–Crippen LogP) is 2.05. The lowest BCUT2D eigenvalue weighted by Gasteiger charge is -2.14. The maximum atomic E-state index is 11.0. The molecule has 0 heterocycles. The van der Waals surface area contributed by atoms with Gasteiger partial charge in [0.2, 0.25) is 0 Å². The molecule has 0 aliphatic heterocycles. The number of hydrogen-bond donors (Lipinski definition) is 1. The Hall–Kier alpha value is -1.07. The number of aliphatic hydroxyl groups excluding tert-OH is 1. The van der Waals surface area contributed by atoms with Crippen LogP contribution in [-0.4, -0.2) is 25.3 Å². The lowest BCUT2D eigenvalue weighted by atomic mass is 10.1. The van der Waals surface area contributed by atoms with E-state index in [2.05, 4.69) is 20.7 Å². The molecule has 0 aromatic heterocycles. The van der Waals surface area contributed by atoms with Gasteiger partial charge in [0, 0.05) is 10.0 Å². The Morgan fingerprint density at radius 1 is 1.50 bits per heavy atom. The van der Waals surface area contributed by atoms with E-state index in [0.717, 1.165) is 4.47 Å². The Labute approximate surface area is 102 Å². The second-order valence-electron chi connectivity index (χ2n) is 3.18. The first kappa shape index (κ1) is 13.0. The summed E-state index contributed by atoms with van der Waals surface area (Å²) in [6.07, 6.45) is -1.02. The number of carbonyl (C=O) groups is 1. The second kappa shape index (κ2) is 5.86. The first-order valence-electron chi connectivity index (χ1n) is 4.66. The van der Waals surface area contributed by atoms with Crippen molar-refractivity contribution in [3.8, 4) is 5.75 Å². The zero-order chi connectivity index (χ0) is 12.1. The smallest absolute Gasteiger partial charge is 0.308 e. The monoisotopic (exact) mass is 288 g/mol. The van der Waals surface area contributed by atoms with E-state index in [4.69, 9.17) is 4.74 Å². The third-order valence-electron chi connectivity index (χ3n) is 2.14. The van der Waals surface area contributed by atoms with E-state index in [9.17, 15) is 9.90 Å². The molecule has 0 aliphatic rings. The lowest BCUT2D eigenvalue weighted by Crippen LogP contribution is -2.09. The van der Waals surface area contributed by atoms with Crippen LogP contribution in [0.5, 0.6) is 5.75 Å². The zero-order valence-electron chi connectivity index (χ0n) is 9.07. The summed E-state index contributed by atoms with van der Waals surface area (Å²) in [5.41, 5.74) is 0.558. The summed E-state index contributed by atoms with van der Waals surface area (Å²) in [7, 11) is 2.80. The van der Waals surface area contributed by atoms with Crippen LogP contribution in [0.3, 0.4) is 0 Å². The summed E-state index contributed by atoms with van der Waals surface area (Å²) < 4.78 is 10.4. The molecule has 88 valence electrons. The molecule has 0 saturated heterocycles. The molecule has 4 nitrogen and oxygen atoms in total. The number of methoxy groups -OCH3 is 2. The minimum absolute atomic E-state index is 0.0939. The van der Waals surface area contributed by atoms with Crippen LogP contribution in [-0.2, 0) is 9.53 Å². The summed E-state index contributed by atoms with van der Waals surface area (Å²) >= 11 is 3.29. The van der Waals surface area contributed by atoms with Gasteiger partial charge < -0.3 is 14.6 Å². The van der Waals surface area contributed by atoms with Crippen LogP contribution in [0.4, 0.5) is 0 Å². The molecule has 0 spiro atoms. The van der Waals surface area contributed by atoms with E-state index in [0.29, 0.717) is 11.3 Å². The van der Waals surface area contributed by atoms with Crippen molar-refractivity contribution >= 4 is 21.9 Å². The van der Waals surface area contributed by atoms with Crippen molar-refractivity contribution in [1.82, 2.24) is 0 Å². The average molecular weight is 289 g/mol. The number of rotatable bonds is 4. The topological polar surface area (TPSA) is 55.8 Å². The van der Waals surface area contributed by atoms with Gasteiger partial charge in [0.15, 0.2) is 0 Å². The third-order valence-corrected chi connectivity index (χ3v) is 2.63. The molecule has 1 aromatic rings. The number of hydrogen-bond acceptors (Lipinski definition) is 4. The van der Waals surface area contributed by atoms with Gasteiger partial charge in [0.05, 0.1) is 26.7 Å². The first-order valence-corrected chi connectivity index (χ1v) is 5.46. The summed E-state index contributed by atoms with van der Waals surface area (Å²) in [5, 5.41) is 9.86. The number of benzene rings is 1. The lowest BCUT2D eigenvalue weighted by molar-refractivity contribution is -0.142. The van der Waals surface area contributed by atoms with Crippen molar-refractivity contribution in [3.05, 3.63) is 28.2 Å². The van der Waals surface area contributed by atoms with Gasteiger partial charge in [-0.1, -0.05) is 15.9 Å². The fourth-order valence-electron chi connectivity index (χ4n) is 1.32. The number of halogens is 1. The number of aliphatic hydroxyl groups is 1. The molecular weight excluding hydrogens is 276 g/mol. The predicted molar refractivity (Wildman–Crippen MR) is 62.3 cm³/mol. The van der Waals surface area contributed by atoms with Crippen molar-refractivity contribution in [2.24, 2.45) is 0 Å². The summed E-state index contributed by atoms with van der Waals surface area (Å²) in [6, 6.07) is 5.24. The summed E-state index contributed by atoms with van der Waals surface area (Å²) in [4.78, 5) is 11.0. The molecule has 0 amide bonds. The van der Waals surface area contributed by atoms with Crippen LogP contribution in [0.15, 0.2) is 22.7 Å². The van der Waals surface area contributed by atoms with Crippen molar-refractivity contribution in [2.45, 2.75) is 12.5 Å². The third kappa shape index (κ3) is 3.21. The molecule has 1 rings (SSSR count). The standard InChI is InChI=1S/C11H13BrO4/c1-15-10-4-3-7(12)5-8(10)9(13)6-11(14)16-2/h3-5,9,13H,6H2,1-2H3/t9-/m1/s1. The Morgan fingerprint density at radius 3 is 2.75 bits per heavy atom. The van der Waals surface area contributed by atoms with E-state index >= 15 is 0 Å². The van der Waals surface area contributed by atoms with Crippen LogP contribution in [0.25, 0.3) is 0 Å². The molecule has 0 fully saturated rings. The molecule has 0 aliphatic carbocycles. The van der Waals surface area contributed by atoms with Gasteiger partial charge in [-0.15, -0.1) is 0 Å². The summed E-state index contributed by atoms with van der Waals surface area (Å²) in [5.74, 6) is 0.0779. The van der Waals surface area contributed by atoms with Gasteiger partial charge in [-0.2, -0.15) is 0 Å². The molecule has 0 bridgehead atoms. The Kier molecular flexibility index (Phi) is 4.76. The maximum Gasteiger partial charge on any atom is 0.308 e. The normalized spacial score (nSPS) is 12.0. The molecule has 0 unspecified atom stereocenters. The fourth-order valence-corrected chi connectivity index (χ4v) is 1.70. The van der Waals surface area contributed by atoms with Crippen LogP contribution in [0.2, 0.25) is 0 Å². The SMILES string of the molecule is COC(=O)C[C@@H](O)c1cc(Br)ccc1OC. The molecule has 5 heteroatoms. The van der Waals surface area contributed by atoms with Crippen LogP contribution in [0, 0.1) is 0 Å². The van der Waals surface area contributed by atoms with E-state index in [1.165, 1.54) is 14.2 Å². The maximum absolute atomic E-state index is 11.0. The van der Waals surface area contributed by atoms with Gasteiger partial charge in [-0.05, 0) is 18.2 Å². The van der Waals surface area contributed by atoms with E-state index in [1.54, 1.807) is 18.2 Å². The second-order valence-corrected chi connectivity index (χ2v) is 4.10. The van der Waals surface area contributed by atoms with E-state index in [1.807, 2.05) is 0 Å². The fraction of sp³-hybridized carbons (Fsp3) is 0.364. The summed E-state index contributed by atoms with van der Waals surface area (Å²) in [6.45, 7) is 0. The van der Waals surface area contributed by atoms with Crippen LogP contribution < -0.4 is 4.74 Å². The highest BCUT2D eigenvalue weighted by molar-refractivity contribution is 9.10. The van der Waals surface area contributed by atoms with Gasteiger partial charge in [0.1, 0.15) is 5.75 Å². The van der Waals surface area contributed by atoms with Gasteiger partial charge in [-0.25, -0.2) is 0 Å². The molecule has 0 radical (unpaired) electrons. The Morgan fingerprint density at radius 2 is 2.19 bits per heavy atom. The molecule has 1 N–H and O–H groups in total. The van der Waals surface area contributed by atoms with Crippen molar-refractivity contribution < 1.29 is 19.4 Å². The van der Waals surface area contributed by atoms with Crippen molar-refractivity contribution in [3.63, 3.8) is 0 Å². The largest absolute Gasteiger partial charge is 0.496 e. The van der Waals surface area contributed by atoms with Crippen molar-refractivity contribution in [2.75, 3.05) is 14.2 Å². The minimum atomic E-state index is -0.931. The molecule has 1 atom stereocenters. The highest BCUT2D eigenvalue weighted by atomic mass is 79.9. The minimum Gasteiger partial charge on any atom is -0.496 e. The van der Waals surface area contributed by atoms with Crippen LogP contribution >= 0.6 is 15.9 Å². The molecule has 1 aromatic carbocycles. The van der Waals surface area contributed by atoms with E-state index in [-0.39, 0.29) is 6.42 Å². The van der Waals surface area contributed by atoms with E-state index < -0.39 is 12.1 Å². The highest BCUT2D eigenvalue weighted by Crippen LogP contribution is 2.30. The molecule has 0 saturated carbocycles. The number of ether oxygens (including phenoxy) is 2. The molecule has 16 heavy (non-hydrogen) atoms. The first-order chi connectivity index (χ1) is 7.58.